The summed E-state index contributed by atoms with van der Waals surface area (Å²) in [5, 5.41) is 0. The molecule has 0 atom stereocenters. The van der Waals surface area contributed by atoms with E-state index in [1.807, 2.05) is 0 Å². The summed E-state index contributed by atoms with van der Waals surface area (Å²) >= 11 is 0. The molecule has 0 unspecified atom stereocenters. The van der Waals surface area contributed by atoms with E-state index in [9.17, 15) is 9.18 Å². The molecule has 1 nitrogen and oxygen atoms in total. The third kappa shape index (κ3) is 3.53. The molecule has 0 fully saturated rings. The van der Waals surface area contributed by atoms with E-state index in [2.05, 4.69) is 6.58 Å². The Hall–Kier alpha value is -0.660. The van der Waals surface area contributed by atoms with Crippen molar-refractivity contribution in [3.8, 4) is 0 Å². The van der Waals surface area contributed by atoms with Crippen molar-refractivity contribution in [3.63, 3.8) is 0 Å². The number of hydrogen-bond acceptors (Lipinski definition) is 1. The predicted octanol–water partition coefficient (Wildman–Crippen LogP) is 1.49. The quantitative estimate of drug-likeness (QED) is 0.508. The van der Waals surface area contributed by atoms with Gasteiger partial charge in [-0.25, -0.2) is 0 Å². The van der Waals surface area contributed by atoms with Gasteiger partial charge in [-0.1, -0.05) is 6.58 Å². The van der Waals surface area contributed by atoms with E-state index in [0.29, 0.717) is 12.8 Å². The Kier molecular flexibility index (Phi) is 4.13. The van der Waals surface area contributed by atoms with Gasteiger partial charge in [-0.2, -0.15) is 0 Å². The lowest BCUT2D eigenvalue weighted by atomic mass is 10.2. The van der Waals surface area contributed by atoms with Crippen LogP contribution in [0.25, 0.3) is 0 Å². The van der Waals surface area contributed by atoms with Crippen molar-refractivity contribution < 1.29 is 9.18 Å². The zero-order valence-corrected chi connectivity index (χ0v) is 4.69. The first-order valence-electron chi connectivity index (χ1n) is 2.52. The lowest BCUT2D eigenvalue weighted by Gasteiger charge is -1.86. The maximum Gasteiger partial charge on any atom is 0.155 e. The largest absolute Gasteiger partial charge is 0.295 e. The van der Waals surface area contributed by atoms with E-state index in [0.717, 1.165) is 0 Å². The number of allylic oxidation sites excluding steroid dienone is 1. The van der Waals surface area contributed by atoms with Gasteiger partial charge in [-0.3, -0.25) is 9.18 Å². The highest BCUT2D eigenvalue weighted by molar-refractivity contribution is 5.88. The van der Waals surface area contributed by atoms with Crippen LogP contribution in [-0.2, 0) is 4.79 Å². The van der Waals surface area contributed by atoms with E-state index < -0.39 is 6.67 Å². The number of alkyl halides is 1. The van der Waals surface area contributed by atoms with Crippen LogP contribution in [0.5, 0.6) is 0 Å². The molecule has 0 heterocycles. The molecule has 0 bridgehead atoms. The second kappa shape index (κ2) is 4.50. The summed E-state index contributed by atoms with van der Waals surface area (Å²) in [5.74, 6) is -0.0809. The first kappa shape index (κ1) is 7.34. The Labute approximate surface area is 48.2 Å². The molecule has 0 aliphatic carbocycles. The van der Waals surface area contributed by atoms with Crippen LogP contribution in [0.1, 0.15) is 12.8 Å². The molecule has 0 saturated heterocycles. The molecule has 0 radical (unpaired) electrons. The second-order valence-electron chi connectivity index (χ2n) is 1.46. The zero-order chi connectivity index (χ0) is 6.41. The Morgan fingerprint density at radius 2 is 2.38 bits per heavy atom. The SMILES string of the molecule is C=CC(=O)CCCF. The van der Waals surface area contributed by atoms with Gasteiger partial charge in [0.05, 0.1) is 6.67 Å². The van der Waals surface area contributed by atoms with Crippen molar-refractivity contribution in [2.75, 3.05) is 6.67 Å². The molecule has 0 rings (SSSR count). The summed E-state index contributed by atoms with van der Waals surface area (Å²) < 4.78 is 11.3. The fourth-order valence-electron chi connectivity index (χ4n) is 0.343. The third-order valence-electron chi connectivity index (χ3n) is 0.784. The van der Waals surface area contributed by atoms with E-state index in [-0.39, 0.29) is 5.78 Å². The van der Waals surface area contributed by atoms with Gasteiger partial charge in [-0.15, -0.1) is 0 Å². The van der Waals surface area contributed by atoms with Crippen molar-refractivity contribution in [1.82, 2.24) is 0 Å². The van der Waals surface area contributed by atoms with E-state index in [1.54, 1.807) is 0 Å². The topological polar surface area (TPSA) is 17.1 Å². The number of carbonyl (C=O) groups is 1. The normalized spacial score (nSPS) is 8.62. The monoisotopic (exact) mass is 116 g/mol. The highest BCUT2D eigenvalue weighted by atomic mass is 19.1. The van der Waals surface area contributed by atoms with Gasteiger partial charge >= 0.3 is 0 Å². The summed E-state index contributed by atoms with van der Waals surface area (Å²) in [5.41, 5.74) is 0. The molecular formula is C6H9FO. The highest BCUT2D eigenvalue weighted by Crippen LogP contribution is 1.90. The number of ketones is 1. The number of hydrogen-bond donors (Lipinski definition) is 0. The van der Waals surface area contributed by atoms with Crippen LogP contribution in [0.15, 0.2) is 12.7 Å². The summed E-state index contributed by atoms with van der Waals surface area (Å²) in [7, 11) is 0. The summed E-state index contributed by atoms with van der Waals surface area (Å²) in [6.07, 6.45) is 1.83. The number of carbonyl (C=O) groups excluding carboxylic acids is 1. The van der Waals surface area contributed by atoms with E-state index >= 15 is 0 Å². The first-order valence-corrected chi connectivity index (χ1v) is 2.52. The van der Waals surface area contributed by atoms with Crippen LogP contribution >= 0.6 is 0 Å². The summed E-state index contributed by atoms with van der Waals surface area (Å²) in [4.78, 5) is 10.3. The second-order valence-corrected chi connectivity index (χ2v) is 1.46. The molecule has 0 saturated carbocycles. The zero-order valence-electron chi connectivity index (χ0n) is 4.69. The molecule has 8 heavy (non-hydrogen) atoms. The van der Waals surface area contributed by atoms with Crippen LogP contribution in [0.4, 0.5) is 4.39 Å². The molecule has 0 aliphatic heterocycles. The molecule has 0 aliphatic rings. The fraction of sp³-hybridized carbons (Fsp3) is 0.500. The van der Waals surface area contributed by atoms with Gasteiger partial charge in [0.25, 0.3) is 0 Å². The Balaban J connectivity index is 3.11. The molecule has 0 aromatic heterocycles. The van der Waals surface area contributed by atoms with Gasteiger partial charge in [0.2, 0.25) is 0 Å². The minimum atomic E-state index is -0.417. The molecule has 46 valence electrons. The predicted molar refractivity (Wildman–Crippen MR) is 30.4 cm³/mol. The number of halogens is 1. The van der Waals surface area contributed by atoms with Crippen LogP contribution in [-0.4, -0.2) is 12.5 Å². The Bertz CT molecular complexity index is 88.5. The highest BCUT2D eigenvalue weighted by Gasteiger charge is 1.92. The molecule has 2 heteroatoms. The van der Waals surface area contributed by atoms with E-state index in [1.165, 1.54) is 6.08 Å². The van der Waals surface area contributed by atoms with Gasteiger partial charge in [0.1, 0.15) is 0 Å². The maximum atomic E-state index is 11.3. The Morgan fingerprint density at radius 1 is 1.75 bits per heavy atom. The van der Waals surface area contributed by atoms with Gasteiger partial charge in [0.15, 0.2) is 5.78 Å². The number of rotatable bonds is 4. The molecule has 0 aromatic carbocycles. The van der Waals surface area contributed by atoms with Crippen molar-refractivity contribution in [1.29, 1.82) is 0 Å². The third-order valence-corrected chi connectivity index (χ3v) is 0.784. The Morgan fingerprint density at radius 3 is 2.75 bits per heavy atom. The van der Waals surface area contributed by atoms with Crippen LogP contribution < -0.4 is 0 Å². The van der Waals surface area contributed by atoms with Crippen molar-refractivity contribution in [2.45, 2.75) is 12.8 Å². The van der Waals surface area contributed by atoms with E-state index in [4.69, 9.17) is 0 Å². The minimum Gasteiger partial charge on any atom is -0.295 e. The lowest BCUT2D eigenvalue weighted by Crippen LogP contribution is -1.91. The average Bonchev–Trinajstić information content (AvgIpc) is 1.83. The van der Waals surface area contributed by atoms with Crippen molar-refractivity contribution >= 4 is 5.78 Å². The lowest BCUT2D eigenvalue weighted by molar-refractivity contribution is -0.114. The standard InChI is InChI=1S/C6H9FO/c1-2-6(8)4-3-5-7/h2H,1,3-5H2. The van der Waals surface area contributed by atoms with Crippen LogP contribution in [0.3, 0.4) is 0 Å². The van der Waals surface area contributed by atoms with Gasteiger partial charge < -0.3 is 0 Å². The summed E-state index contributed by atoms with van der Waals surface area (Å²) in [6, 6.07) is 0. The van der Waals surface area contributed by atoms with Gasteiger partial charge in [-0.05, 0) is 12.5 Å². The summed E-state index contributed by atoms with van der Waals surface area (Å²) in [6.45, 7) is 2.82. The van der Waals surface area contributed by atoms with Crippen LogP contribution in [0.2, 0.25) is 0 Å². The molecule has 0 aromatic rings. The first-order chi connectivity index (χ1) is 3.81. The minimum absolute atomic E-state index is 0.0809. The fourth-order valence-corrected chi connectivity index (χ4v) is 0.343. The van der Waals surface area contributed by atoms with Crippen LogP contribution in [0, 0.1) is 0 Å². The maximum absolute atomic E-state index is 11.3. The smallest absolute Gasteiger partial charge is 0.155 e. The van der Waals surface area contributed by atoms with Gasteiger partial charge in [0, 0.05) is 6.42 Å². The average molecular weight is 116 g/mol. The molecule has 0 spiro atoms. The molecule has 0 amide bonds. The molecule has 0 N–H and O–H groups in total. The molecular weight excluding hydrogens is 107 g/mol. The van der Waals surface area contributed by atoms with Crippen molar-refractivity contribution in [2.24, 2.45) is 0 Å². The van der Waals surface area contributed by atoms with Crippen molar-refractivity contribution in [3.05, 3.63) is 12.7 Å².